The molecule has 0 unspecified atom stereocenters. The van der Waals surface area contributed by atoms with E-state index >= 15 is 0 Å². The SMILES string of the molecule is CC(C)(C)[C@@H]1C(=O)C[C@@H]2C=C[C@H]1O2. The third-order valence-electron chi connectivity index (χ3n) is 2.86. The van der Waals surface area contributed by atoms with Gasteiger partial charge in [0.1, 0.15) is 5.78 Å². The van der Waals surface area contributed by atoms with Gasteiger partial charge in [-0.25, -0.2) is 0 Å². The van der Waals surface area contributed by atoms with E-state index in [1.807, 2.05) is 12.2 Å². The molecular formula is C11H16O2. The fraction of sp³-hybridized carbons (Fsp3) is 0.727. The van der Waals surface area contributed by atoms with Crippen LogP contribution in [0, 0.1) is 11.3 Å². The number of hydrogen-bond acceptors (Lipinski definition) is 2. The third-order valence-corrected chi connectivity index (χ3v) is 2.86. The Hall–Kier alpha value is -0.630. The van der Waals surface area contributed by atoms with Crippen molar-refractivity contribution in [2.24, 2.45) is 11.3 Å². The summed E-state index contributed by atoms with van der Waals surface area (Å²) in [6.45, 7) is 6.31. The Morgan fingerprint density at radius 3 is 2.69 bits per heavy atom. The van der Waals surface area contributed by atoms with E-state index < -0.39 is 0 Å². The van der Waals surface area contributed by atoms with E-state index in [-0.39, 0.29) is 23.5 Å². The Morgan fingerprint density at radius 1 is 1.38 bits per heavy atom. The van der Waals surface area contributed by atoms with E-state index in [0.717, 1.165) is 0 Å². The Kier molecular flexibility index (Phi) is 1.84. The van der Waals surface area contributed by atoms with Crippen LogP contribution in [0.3, 0.4) is 0 Å². The molecule has 2 nitrogen and oxygen atoms in total. The van der Waals surface area contributed by atoms with Crippen molar-refractivity contribution >= 4 is 5.78 Å². The second-order valence-corrected chi connectivity index (χ2v) is 5.04. The van der Waals surface area contributed by atoms with Crippen LogP contribution in [0.15, 0.2) is 12.2 Å². The molecule has 0 N–H and O–H groups in total. The minimum atomic E-state index is 0.0153. The highest BCUT2D eigenvalue weighted by atomic mass is 16.5. The standard InChI is InChI=1S/C11H16O2/c1-11(2,3)10-8(12)6-7-4-5-9(10)13-7/h4-5,7,9-10H,6H2,1-3H3/t7-,9+,10+/m0/s1. The molecule has 13 heavy (non-hydrogen) atoms. The van der Waals surface area contributed by atoms with Gasteiger partial charge in [-0.05, 0) is 5.41 Å². The first kappa shape index (κ1) is 8.95. The molecule has 0 radical (unpaired) electrons. The van der Waals surface area contributed by atoms with E-state index in [2.05, 4.69) is 20.8 Å². The van der Waals surface area contributed by atoms with E-state index in [9.17, 15) is 4.79 Å². The zero-order valence-electron chi connectivity index (χ0n) is 8.41. The highest BCUT2D eigenvalue weighted by Gasteiger charge is 2.44. The van der Waals surface area contributed by atoms with Gasteiger partial charge in [-0.1, -0.05) is 32.9 Å². The minimum absolute atomic E-state index is 0.0153. The molecule has 3 atom stereocenters. The number of carbonyl (C=O) groups excluding carboxylic acids is 1. The summed E-state index contributed by atoms with van der Waals surface area (Å²) in [6.07, 6.45) is 4.73. The van der Waals surface area contributed by atoms with Crippen LogP contribution < -0.4 is 0 Å². The molecule has 2 bridgehead atoms. The summed E-state index contributed by atoms with van der Waals surface area (Å²) >= 11 is 0. The average Bonchev–Trinajstić information content (AvgIpc) is 2.28. The van der Waals surface area contributed by atoms with Crippen molar-refractivity contribution in [2.75, 3.05) is 0 Å². The summed E-state index contributed by atoms with van der Waals surface area (Å²) < 4.78 is 5.67. The smallest absolute Gasteiger partial charge is 0.142 e. The molecule has 0 saturated carbocycles. The van der Waals surface area contributed by atoms with E-state index in [1.165, 1.54) is 0 Å². The number of carbonyl (C=O) groups is 1. The van der Waals surface area contributed by atoms with Crippen molar-refractivity contribution in [3.8, 4) is 0 Å². The van der Waals surface area contributed by atoms with E-state index in [0.29, 0.717) is 12.2 Å². The molecule has 0 aromatic carbocycles. The van der Waals surface area contributed by atoms with Crippen molar-refractivity contribution in [3.63, 3.8) is 0 Å². The third kappa shape index (κ3) is 1.44. The van der Waals surface area contributed by atoms with Gasteiger partial charge in [0.15, 0.2) is 0 Å². The van der Waals surface area contributed by atoms with Gasteiger partial charge in [0.2, 0.25) is 0 Å². The predicted molar refractivity (Wildman–Crippen MR) is 50.4 cm³/mol. The fourth-order valence-corrected chi connectivity index (χ4v) is 2.32. The van der Waals surface area contributed by atoms with Gasteiger partial charge in [-0.15, -0.1) is 0 Å². The highest BCUT2D eigenvalue weighted by Crippen LogP contribution is 2.39. The van der Waals surface area contributed by atoms with Crippen LogP contribution in [-0.2, 0) is 9.53 Å². The number of hydrogen-bond donors (Lipinski definition) is 0. The summed E-state index contributed by atoms with van der Waals surface area (Å²) in [4.78, 5) is 11.8. The highest BCUT2D eigenvalue weighted by molar-refractivity contribution is 5.84. The normalized spacial score (nSPS) is 38.4. The number of rotatable bonds is 0. The lowest BCUT2D eigenvalue weighted by molar-refractivity contribution is -0.142. The van der Waals surface area contributed by atoms with Gasteiger partial charge in [0.05, 0.1) is 18.1 Å². The second-order valence-electron chi connectivity index (χ2n) is 5.04. The summed E-state index contributed by atoms with van der Waals surface area (Å²) in [5.74, 6) is 0.404. The summed E-state index contributed by atoms with van der Waals surface area (Å²) in [6, 6.07) is 0. The van der Waals surface area contributed by atoms with Gasteiger partial charge in [-0.2, -0.15) is 0 Å². The molecule has 0 aromatic heterocycles. The van der Waals surface area contributed by atoms with Crippen LogP contribution in [-0.4, -0.2) is 18.0 Å². The molecule has 1 fully saturated rings. The summed E-state index contributed by atoms with van der Waals surface area (Å²) in [5.41, 5.74) is 0.0153. The summed E-state index contributed by atoms with van der Waals surface area (Å²) in [7, 11) is 0. The van der Waals surface area contributed by atoms with Crippen molar-refractivity contribution in [1.82, 2.24) is 0 Å². The first-order valence-electron chi connectivity index (χ1n) is 4.85. The average molecular weight is 180 g/mol. The van der Waals surface area contributed by atoms with Gasteiger partial charge >= 0.3 is 0 Å². The van der Waals surface area contributed by atoms with Gasteiger partial charge < -0.3 is 4.74 Å². The topological polar surface area (TPSA) is 26.3 Å². The molecule has 0 aromatic rings. The monoisotopic (exact) mass is 180 g/mol. The number of ketones is 1. The van der Waals surface area contributed by atoms with Crippen LogP contribution in [0.1, 0.15) is 27.2 Å². The quantitative estimate of drug-likeness (QED) is 0.532. The van der Waals surface area contributed by atoms with Crippen molar-refractivity contribution in [3.05, 3.63) is 12.2 Å². The molecule has 2 aliphatic heterocycles. The van der Waals surface area contributed by atoms with E-state index in [4.69, 9.17) is 4.74 Å². The molecule has 2 heterocycles. The lowest BCUT2D eigenvalue weighted by Gasteiger charge is -2.37. The van der Waals surface area contributed by atoms with Gasteiger partial charge in [0, 0.05) is 6.42 Å². The molecule has 72 valence electrons. The maximum Gasteiger partial charge on any atom is 0.142 e. The Morgan fingerprint density at radius 2 is 2.08 bits per heavy atom. The molecule has 2 heteroatoms. The number of ether oxygens (including phenoxy) is 1. The van der Waals surface area contributed by atoms with Crippen molar-refractivity contribution in [1.29, 1.82) is 0 Å². The lowest BCUT2D eigenvalue weighted by atomic mass is 9.73. The molecule has 1 saturated heterocycles. The molecule has 2 rings (SSSR count). The Bertz CT molecular complexity index is 260. The Balaban J connectivity index is 2.26. The predicted octanol–water partition coefficient (Wildman–Crippen LogP) is 1.95. The first-order valence-corrected chi connectivity index (χ1v) is 4.85. The maximum atomic E-state index is 11.8. The van der Waals surface area contributed by atoms with Gasteiger partial charge in [-0.3, -0.25) is 4.79 Å². The zero-order valence-corrected chi connectivity index (χ0v) is 8.41. The zero-order chi connectivity index (χ0) is 9.64. The van der Waals surface area contributed by atoms with Crippen LogP contribution >= 0.6 is 0 Å². The fourth-order valence-electron chi connectivity index (χ4n) is 2.32. The maximum absolute atomic E-state index is 11.8. The van der Waals surface area contributed by atoms with Crippen LogP contribution in [0.5, 0.6) is 0 Å². The molecule has 0 aliphatic carbocycles. The van der Waals surface area contributed by atoms with E-state index in [1.54, 1.807) is 0 Å². The molecule has 0 spiro atoms. The van der Waals surface area contributed by atoms with Crippen LogP contribution in [0.4, 0.5) is 0 Å². The van der Waals surface area contributed by atoms with Gasteiger partial charge in [0.25, 0.3) is 0 Å². The Labute approximate surface area is 79.0 Å². The van der Waals surface area contributed by atoms with Crippen molar-refractivity contribution < 1.29 is 9.53 Å². The molecule has 0 amide bonds. The second kappa shape index (κ2) is 2.68. The van der Waals surface area contributed by atoms with Crippen LogP contribution in [0.2, 0.25) is 0 Å². The lowest BCUT2D eigenvalue weighted by Crippen LogP contribution is -2.43. The number of fused-ring (bicyclic) bond motifs is 2. The minimum Gasteiger partial charge on any atom is -0.366 e. The summed E-state index contributed by atoms with van der Waals surface area (Å²) in [5, 5.41) is 0. The number of Topliss-reactive ketones (excluding diaryl/α,β-unsaturated/α-hetero) is 1. The largest absolute Gasteiger partial charge is 0.366 e. The van der Waals surface area contributed by atoms with Crippen molar-refractivity contribution in [2.45, 2.75) is 39.4 Å². The molecular weight excluding hydrogens is 164 g/mol. The first-order chi connectivity index (χ1) is 5.98. The molecule has 2 aliphatic rings. The van der Waals surface area contributed by atoms with Crippen LogP contribution in [0.25, 0.3) is 0 Å².